The molecule has 0 fully saturated rings. The summed E-state index contributed by atoms with van der Waals surface area (Å²) in [5.74, 6) is 4.99. The van der Waals surface area contributed by atoms with Crippen LogP contribution in [0, 0.1) is 5.92 Å². The molecule has 0 radical (unpaired) electrons. The maximum Gasteiger partial charge on any atom is 0.331 e. The van der Waals surface area contributed by atoms with Crippen LogP contribution in [0.4, 0.5) is 0 Å². The number of nitrogens with zero attached hydrogens (tertiary/aromatic N) is 2. The summed E-state index contributed by atoms with van der Waals surface area (Å²) in [5, 5.41) is 3.50. The normalized spacial score (nSPS) is 13.0. The van der Waals surface area contributed by atoms with Crippen molar-refractivity contribution in [2.45, 2.75) is 46.3 Å². The molecule has 1 rings (SSSR count). The zero-order chi connectivity index (χ0) is 19.4. The van der Waals surface area contributed by atoms with Gasteiger partial charge in [0.2, 0.25) is 5.90 Å². The lowest BCUT2D eigenvalue weighted by molar-refractivity contribution is -0.147. The van der Waals surface area contributed by atoms with Gasteiger partial charge in [0.25, 0.3) is 0 Å². The van der Waals surface area contributed by atoms with E-state index in [1.165, 1.54) is 13.1 Å². The van der Waals surface area contributed by atoms with Crippen LogP contribution in [-0.4, -0.2) is 36.5 Å². The van der Waals surface area contributed by atoms with E-state index in [-0.39, 0.29) is 24.2 Å². The molecule has 0 unspecified atom stereocenters. The zero-order valence-electron chi connectivity index (χ0n) is 15.6. The van der Waals surface area contributed by atoms with Gasteiger partial charge in [-0.05, 0) is 24.8 Å². The van der Waals surface area contributed by atoms with E-state index in [0.29, 0.717) is 19.4 Å². The fraction of sp³-hybridized carbons (Fsp3) is 0.474. The molecule has 0 saturated heterocycles. The summed E-state index contributed by atoms with van der Waals surface area (Å²) in [6, 6.07) is 8.75. The second kappa shape index (κ2) is 11.8. The molecule has 7 heteroatoms. The molecule has 0 saturated carbocycles. The van der Waals surface area contributed by atoms with Crippen LogP contribution in [0.1, 0.15) is 39.2 Å². The number of aliphatic imine (C=N–C) groups is 1. The van der Waals surface area contributed by atoms with Gasteiger partial charge in [-0.2, -0.15) is 0 Å². The van der Waals surface area contributed by atoms with E-state index in [2.05, 4.69) is 10.1 Å². The maximum absolute atomic E-state index is 12.3. The maximum atomic E-state index is 12.3. The standard InChI is InChI=1S/C19H27N3O4/c1-14(2)18(19(24)26-13-16-9-5-4-6-10-16)21-12-17(22-20)25-11-7-8-15(3)23/h4-6,9-10,12,14,18H,7-8,11,13,20H2,1-3H3/t18-/m0/s1. The van der Waals surface area contributed by atoms with Crippen LogP contribution in [0.3, 0.4) is 0 Å². The molecule has 26 heavy (non-hydrogen) atoms. The number of hydrogen-bond acceptors (Lipinski definition) is 7. The molecule has 142 valence electrons. The van der Waals surface area contributed by atoms with E-state index < -0.39 is 12.0 Å². The van der Waals surface area contributed by atoms with Gasteiger partial charge in [-0.15, -0.1) is 5.10 Å². The van der Waals surface area contributed by atoms with E-state index >= 15 is 0 Å². The second-order valence-corrected chi connectivity index (χ2v) is 6.18. The third-order valence-electron chi connectivity index (χ3n) is 3.49. The van der Waals surface area contributed by atoms with Gasteiger partial charge in [0.05, 0.1) is 12.8 Å². The van der Waals surface area contributed by atoms with E-state index in [4.69, 9.17) is 15.3 Å². The van der Waals surface area contributed by atoms with Crippen molar-refractivity contribution in [1.82, 2.24) is 0 Å². The number of carbonyl (C=O) groups is 2. The third kappa shape index (κ3) is 8.41. The summed E-state index contributed by atoms with van der Waals surface area (Å²) in [6.07, 6.45) is 2.31. The lowest BCUT2D eigenvalue weighted by Gasteiger charge is -2.15. The highest BCUT2D eigenvalue weighted by Gasteiger charge is 2.22. The minimum atomic E-state index is -0.684. The van der Waals surface area contributed by atoms with Crippen LogP contribution in [-0.2, 0) is 25.7 Å². The quantitative estimate of drug-likeness (QED) is 0.172. The molecule has 2 N–H and O–H groups in total. The highest BCUT2D eigenvalue weighted by Crippen LogP contribution is 2.10. The molecule has 0 heterocycles. The molecule has 1 atom stereocenters. The lowest BCUT2D eigenvalue weighted by atomic mass is 10.1. The van der Waals surface area contributed by atoms with Gasteiger partial charge in [-0.3, -0.25) is 4.99 Å². The van der Waals surface area contributed by atoms with E-state index in [1.807, 2.05) is 44.2 Å². The molecule has 7 nitrogen and oxygen atoms in total. The van der Waals surface area contributed by atoms with E-state index in [9.17, 15) is 9.59 Å². The number of ketones is 1. The molecule has 0 aliphatic rings. The van der Waals surface area contributed by atoms with Gasteiger partial charge in [0.15, 0.2) is 0 Å². The Morgan fingerprint density at radius 1 is 1.19 bits per heavy atom. The molecule has 1 aromatic carbocycles. The Bertz CT molecular complexity index is 627. The topological polar surface area (TPSA) is 103 Å². The number of Topliss-reactive ketones (excluding diaryl/α,β-unsaturated/α-hetero) is 1. The van der Waals surface area contributed by atoms with Gasteiger partial charge in [-0.1, -0.05) is 44.2 Å². The molecular formula is C19H27N3O4. The minimum Gasteiger partial charge on any atom is -0.476 e. The highest BCUT2D eigenvalue weighted by atomic mass is 16.5. The molecule has 0 aliphatic heterocycles. The van der Waals surface area contributed by atoms with Gasteiger partial charge < -0.3 is 20.1 Å². The third-order valence-corrected chi connectivity index (χ3v) is 3.49. The number of carbonyl (C=O) groups excluding carboxylic acids is 2. The Morgan fingerprint density at radius 2 is 1.88 bits per heavy atom. The summed E-state index contributed by atoms with van der Waals surface area (Å²) in [7, 11) is 0. The number of hydrazone groups is 1. The molecule has 0 bridgehead atoms. The SMILES string of the molecule is CC(=O)CCCOC(C=N[C@H](C(=O)OCc1ccccc1)C(C)C)=NN. The summed E-state index contributed by atoms with van der Waals surface area (Å²) in [4.78, 5) is 27.4. The van der Waals surface area contributed by atoms with Crippen LogP contribution in [0.15, 0.2) is 40.4 Å². The van der Waals surface area contributed by atoms with Crippen molar-refractivity contribution in [3.8, 4) is 0 Å². The molecule has 0 amide bonds. The summed E-state index contributed by atoms with van der Waals surface area (Å²) >= 11 is 0. The second-order valence-electron chi connectivity index (χ2n) is 6.18. The first-order valence-corrected chi connectivity index (χ1v) is 8.58. The van der Waals surface area contributed by atoms with Gasteiger partial charge in [0.1, 0.15) is 18.4 Å². The van der Waals surface area contributed by atoms with Gasteiger partial charge in [0, 0.05) is 6.42 Å². The zero-order valence-corrected chi connectivity index (χ0v) is 15.6. The Hall–Kier alpha value is -2.70. The Labute approximate surface area is 154 Å². The van der Waals surface area contributed by atoms with Crippen LogP contribution in [0.2, 0.25) is 0 Å². The van der Waals surface area contributed by atoms with Crippen LogP contribution < -0.4 is 5.84 Å². The number of ether oxygens (including phenoxy) is 2. The Kier molecular flexibility index (Phi) is 9.67. The Morgan fingerprint density at radius 3 is 2.46 bits per heavy atom. The first kappa shape index (κ1) is 21.3. The number of benzene rings is 1. The predicted octanol–water partition coefficient (Wildman–Crippen LogP) is 2.48. The summed E-state index contributed by atoms with van der Waals surface area (Å²) in [5.41, 5.74) is 0.908. The predicted molar refractivity (Wildman–Crippen MR) is 101 cm³/mol. The van der Waals surface area contributed by atoms with Crippen LogP contribution >= 0.6 is 0 Å². The Balaban J connectivity index is 2.57. The number of nitrogens with two attached hydrogens (primary N) is 1. The van der Waals surface area contributed by atoms with Gasteiger partial charge in [-0.25, -0.2) is 4.79 Å². The van der Waals surface area contributed by atoms with E-state index in [1.54, 1.807) is 0 Å². The average Bonchev–Trinajstić information content (AvgIpc) is 2.62. The largest absolute Gasteiger partial charge is 0.476 e. The molecular weight excluding hydrogens is 334 g/mol. The summed E-state index contributed by atoms with van der Waals surface area (Å²) in [6.45, 7) is 5.76. The molecule has 0 spiro atoms. The van der Waals surface area contributed by atoms with Gasteiger partial charge >= 0.3 is 5.97 Å². The van der Waals surface area contributed by atoms with E-state index in [0.717, 1.165) is 5.56 Å². The average molecular weight is 361 g/mol. The van der Waals surface area contributed by atoms with Crippen LogP contribution in [0.25, 0.3) is 0 Å². The first-order chi connectivity index (χ1) is 12.4. The van der Waals surface area contributed by atoms with Crippen molar-refractivity contribution in [3.63, 3.8) is 0 Å². The van der Waals surface area contributed by atoms with Crippen molar-refractivity contribution < 1.29 is 19.1 Å². The number of hydrogen-bond donors (Lipinski definition) is 1. The fourth-order valence-electron chi connectivity index (χ4n) is 2.07. The lowest BCUT2D eigenvalue weighted by Crippen LogP contribution is -2.28. The highest BCUT2D eigenvalue weighted by molar-refractivity contribution is 6.26. The fourth-order valence-corrected chi connectivity index (χ4v) is 2.07. The van der Waals surface area contributed by atoms with Crippen molar-refractivity contribution in [1.29, 1.82) is 0 Å². The monoisotopic (exact) mass is 361 g/mol. The number of esters is 1. The smallest absolute Gasteiger partial charge is 0.331 e. The minimum absolute atomic E-state index is 0.0636. The first-order valence-electron chi connectivity index (χ1n) is 8.58. The molecule has 1 aromatic rings. The van der Waals surface area contributed by atoms with Crippen molar-refractivity contribution >= 4 is 23.9 Å². The molecule has 0 aromatic heterocycles. The van der Waals surface area contributed by atoms with Crippen molar-refractivity contribution in [2.75, 3.05) is 6.61 Å². The summed E-state index contributed by atoms with van der Waals surface area (Å²) < 4.78 is 10.7. The van der Waals surface area contributed by atoms with Crippen molar-refractivity contribution in [2.24, 2.45) is 21.9 Å². The molecule has 0 aliphatic carbocycles. The van der Waals surface area contributed by atoms with Crippen molar-refractivity contribution in [3.05, 3.63) is 35.9 Å². The van der Waals surface area contributed by atoms with Crippen LogP contribution in [0.5, 0.6) is 0 Å². The number of rotatable bonds is 10.